The van der Waals surface area contributed by atoms with Gasteiger partial charge >= 0.3 is 0 Å². The smallest absolute Gasteiger partial charge is 0.100 e. The number of benzene rings is 1. The van der Waals surface area contributed by atoms with Gasteiger partial charge in [0.2, 0.25) is 0 Å². The zero-order valence-electron chi connectivity index (χ0n) is 9.84. The van der Waals surface area contributed by atoms with Crippen LogP contribution in [-0.4, -0.2) is 10.5 Å². The highest BCUT2D eigenvalue weighted by Gasteiger charge is 2.01. The van der Waals surface area contributed by atoms with E-state index in [9.17, 15) is 4.21 Å². The van der Waals surface area contributed by atoms with Gasteiger partial charge in [-0.1, -0.05) is 6.07 Å². The van der Waals surface area contributed by atoms with Gasteiger partial charge in [-0.3, -0.25) is 4.21 Å². The highest BCUT2D eigenvalue weighted by molar-refractivity contribution is 7.84. The number of hydrogen-bond acceptors (Lipinski definition) is 4. The first-order chi connectivity index (χ1) is 8.69. The lowest BCUT2D eigenvalue weighted by Crippen LogP contribution is -1.98. The topological polar surface area (TPSA) is 52.9 Å². The summed E-state index contributed by atoms with van der Waals surface area (Å²) in [4.78, 5) is 1.92. The average Bonchev–Trinajstić information content (AvgIpc) is 2.84. The minimum atomic E-state index is -0.965. The summed E-state index contributed by atoms with van der Waals surface area (Å²) < 4.78 is 11.4. The van der Waals surface area contributed by atoms with E-state index in [2.05, 4.69) is 11.4 Å². The van der Waals surface area contributed by atoms with Crippen LogP contribution in [0.2, 0.25) is 0 Å². The fraction of sp³-hybridized carbons (Fsp3) is 0.154. The second kappa shape index (κ2) is 5.80. The first-order valence-corrected chi connectivity index (χ1v) is 7.77. The van der Waals surface area contributed by atoms with E-state index in [-0.39, 0.29) is 0 Å². The number of hydrogen-bond donors (Lipinski definition) is 1. The molecular formula is C13H12N2OS2. The molecule has 0 aliphatic heterocycles. The van der Waals surface area contributed by atoms with E-state index in [0.29, 0.717) is 12.1 Å². The monoisotopic (exact) mass is 276 g/mol. The van der Waals surface area contributed by atoms with Crippen molar-refractivity contribution >= 4 is 27.8 Å². The zero-order chi connectivity index (χ0) is 13.0. The summed E-state index contributed by atoms with van der Waals surface area (Å²) in [6.07, 6.45) is 1.66. The lowest BCUT2D eigenvalue weighted by atomic mass is 10.3. The highest BCUT2D eigenvalue weighted by Crippen LogP contribution is 2.17. The van der Waals surface area contributed by atoms with Gasteiger partial charge < -0.3 is 5.32 Å². The molecular weight excluding hydrogens is 264 g/mol. The quantitative estimate of drug-likeness (QED) is 0.934. The standard InChI is InChI=1S/C13H12N2OS2/c1-18(16)13-4-2-3-11(6-13)15-8-12-5-10(7-14)9-17-12/h2-6,9,15H,8H2,1H3/t18-/m1/s1. The molecule has 0 fully saturated rings. The van der Waals surface area contributed by atoms with Gasteiger partial charge in [-0.05, 0) is 24.3 Å². The summed E-state index contributed by atoms with van der Waals surface area (Å²) in [6.45, 7) is 0.673. The van der Waals surface area contributed by atoms with Crippen LogP contribution < -0.4 is 5.32 Å². The number of nitrogens with one attached hydrogen (secondary N) is 1. The summed E-state index contributed by atoms with van der Waals surface area (Å²) in [6, 6.07) is 11.5. The molecule has 18 heavy (non-hydrogen) atoms. The Hall–Kier alpha value is -1.64. The Bertz CT molecular complexity index is 613. The Kier molecular flexibility index (Phi) is 4.13. The highest BCUT2D eigenvalue weighted by atomic mass is 32.2. The van der Waals surface area contributed by atoms with Crippen molar-refractivity contribution in [3.05, 3.63) is 46.2 Å². The Balaban J connectivity index is 2.04. The summed E-state index contributed by atoms with van der Waals surface area (Å²) in [5.41, 5.74) is 1.63. The van der Waals surface area contributed by atoms with Crippen LogP contribution in [0.4, 0.5) is 5.69 Å². The van der Waals surface area contributed by atoms with Gasteiger partial charge in [-0.2, -0.15) is 5.26 Å². The van der Waals surface area contributed by atoms with Crippen LogP contribution in [0.25, 0.3) is 0 Å². The van der Waals surface area contributed by atoms with Crippen molar-refractivity contribution in [2.24, 2.45) is 0 Å². The van der Waals surface area contributed by atoms with E-state index in [1.54, 1.807) is 17.6 Å². The van der Waals surface area contributed by atoms with Crippen LogP contribution in [0.1, 0.15) is 10.4 Å². The van der Waals surface area contributed by atoms with Gasteiger partial charge in [-0.15, -0.1) is 11.3 Å². The van der Waals surface area contributed by atoms with Crippen LogP contribution in [0.3, 0.4) is 0 Å². The van der Waals surface area contributed by atoms with Crippen molar-refractivity contribution in [2.75, 3.05) is 11.6 Å². The molecule has 1 aromatic carbocycles. The van der Waals surface area contributed by atoms with Gasteiger partial charge in [0.1, 0.15) is 6.07 Å². The van der Waals surface area contributed by atoms with Gasteiger partial charge in [0.05, 0.1) is 5.56 Å². The largest absolute Gasteiger partial charge is 0.380 e. The van der Waals surface area contributed by atoms with E-state index in [0.717, 1.165) is 15.5 Å². The lowest BCUT2D eigenvalue weighted by Gasteiger charge is -2.05. The molecule has 0 bridgehead atoms. The van der Waals surface area contributed by atoms with Crippen LogP contribution in [-0.2, 0) is 17.3 Å². The molecule has 5 heteroatoms. The maximum Gasteiger partial charge on any atom is 0.100 e. The summed E-state index contributed by atoms with van der Waals surface area (Å²) in [5.74, 6) is 0. The number of rotatable bonds is 4. The predicted molar refractivity (Wildman–Crippen MR) is 75.1 cm³/mol. The molecule has 0 aliphatic rings. The lowest BCUT2D eigenvalue weighted by molar-refractivity contribution is 0.687. The molecule has 0 radical (unpaired) electrons. The van der Waals surface area contributed by atoms with E-state index in [4.69, 9.17) is 5.26 Å². The van der Waals surface area contributed by atoms with Crippen LogP contribution in [0, 0.1) is 11.3 Å². The van der Waals surface area contributed by atoms with Gasteiger partial charge in [0.25, 0.3) is 0 Å². The van der Waals surface area contributed by atoms with Crippen LogP contribution in [0.15, 0.2) is 40.6 Å². The van der Waals surface area contributed by atoms with Crippen LogP contribution in [0.5, 0.6) is 0 Å². The van der Waals surface area contributed by atoms with E-state index in [1.165, 1.54) is 0 Å². The molecule has 1 heterocycles. The molecule has 2 aromatic rings. The normalized spacial score (nSPS) is 11.8. The number of nitriles is 1. The minimum absolute atomic E-state index is 0.673. The van der Waals surface area contributed by atoms with E-state index >= 15 is 0 Å². The average molecular weight is 276 g/mol. The molecule has 0 spiro atoms. The third-order valence-electron chi connectivity index (χ3n) is 2.42. The number of thiophene rings is 1. The Morgan fingerprint density at radius 2 is 2.28 bits per heavy atom. The molecule has 0 saturated heterocycles. The molecule has 0 saturated carbocycles. The Labute approximate surface area is 113 Å². The van der Waals surface area contributed by atoms with Crippen molar-refractivity contribution in [3.63, 3.8) is 0 Å². The molecule has 0 aliphatic carbocycles. The van der Waals surface area contributed by atoms with E-state index < -0.39 is 10.8 Å². The molecule has 0 unspecified atom stereocenters. The molecule has 1 N–H and O–H groups in total. The second-order valence-corrected chi connectivity index (χ2v) is 6.12. The fourth-order valence-electron chi connectivity index (χ4n) is 1.51. The molecule has 92 valence electrons. The van der Waals surface area contributed by atoms with Crippen molar-refractivity contribution in [1.82, 2.24) is 0 Å². The van der Waals surface area contributed by atoms with E-state index in [1.807, 2.05) is 35.7 Å². The third kappa shape index (κ3) is 3.19. The number of nitrogens with zero attached hydrogens (tertiary/aromatic N) is 1. The van der Waals surface area contributed by atoms with Crippen molar-refractivity contribution in [2.45, 2.75) is 11.4 Å². The molecule has 3 nitrogen and oxygen atoms in total. The SMILES string of the molecule is C[S@@](=O)c1cccc(NCc2cc(C#N)cs2)c1. The van der Waals surface area contributed by atoms with Gasteiger partial charge in [-0.25, -0.2) is 0 Å². The zero-order valence-corrected chi connectivity index (χ0v) is 11.5. The molecule has 1 aromatic heterocycles. The minimum Gasteiger partial charge on any atom is -0.380 e. The van der Waals surface area contributed by atoms with Crippen molar-refractivity contribution < 1.29 is 4.21 Å². The third-order valence-corrected chi connectivity index (χ3v) is 4.27. The fourth-order valence-corrected chi connectivity index (χ4v) is 2.82. The van der Waals surface area contributed by atoms with Crippen molar-refractivity contribution in [1.29, 1.82) is 5.26 Å². The summed E-state index contributed by atoms with van der Waals surface area (Å²) in [5, 5.41) is 13.8. The summed E-state index contributed by atoms with van der Waals surface area (Å²) >= 11 is 1.56. The maximum absolute atomic E-state index is 11.4. The van der Waals surface area contributed by atoms with Crippen molar-refractivity contribution in [3.8, 4) is 6.07 Å². The predicted octanol–water partition coefficient (Wildman–Crippen LogP) is 2.97. The number of anilines is 1. The van der Waals surface area contributed by atoms with Gasteiger partial charge in [0, 0.05) is 44.4 Å². The Morgan fingerprint density at radius 3 is 2.94 bits per heavy atom. The first kappa shape index (κ1) is 12.8. The Morgan fingerprint density at radius 1 is 1.44 bits per heavy atom. The van der Waals surface area contributed by atoms with Crippen LogP contribution >= 0.6 is 11.3 Å². The molecule has 1 atom stereocenters. The maximum atomic E-state index is 11.4. The summed E-state index contributed by atoms with van der Waals surface area (Å²) in [7, 11) is -0.965. The molecule has 0 amide bonds. The first-order valence-electron chi connectivity index (χ1n) is 5.34. The molecule has 2 rings (SSSR count). The second-order valence-electron chi connectivity index (χ2n) is 3.75. The van der Waals surface area contributed by atoms with Gasteiger partial charge in [0.15, 0.2) is 0 Å².